The van der Waals surface area contributed by atoms with Gasteiger partial charge in [-0.3, -0.25) is 4.90 Å². The van der Waals surface area contributed by atoms with Gasteiger partial charge in [0.1, 0.15) is 0 Å². The lowest BCUT2D eigenvalue weighted by Gasteiger charge is -2.50. The number of nitrogens with two attached hydrogens (primary N) is 1. The van der Waals surface area contributed by atoms with E-state index in [1.807, 2.05) is 0 Å². The van der Waals surface area contributed by atoms with Crippen LogP contribution in [-0.2, 0) is 4.74 Å². The van der Waals surface area contributed by atoms with Gasteiger partial charge in [0.15, 0.2) is 0 Å². The molecule has 3 heteroatoms. The Morgan fingerprint density at radius 1 is 1.05 bits per heavy atom. The number of rotatable bonds is 3. The Morgan fingerprint density at radius 3 is 2.00 bits per heavy atom. The molecular formula is C18H30N2O. The smallest absolute Gasteiger partial charge is 0.0760 e. The van der Waals surface area contributed by atoms with Crippen molar-refractivity contribution in [1.29, 1.82) is 0 Å². The molecule has 0 spiro atoms. The first kappa shape index (κ1) is 16.5. The van der Waals surface area contributed by atoms with Gasteiger partial charge in [0.25, 0.3) is 0 Å². The second-order valence-corrected chi connectivity index (χ2v) is 7.70. The summed E-state index contributed by atoms with van der Waals surface area (Å²) in [6.45, 7) is 14.8. The van der Waals surface area contributed by atoms with Gasteiger partial charge in [-0.2, -0.15) is 0 Å². The molecule has 1 aromatic rings. The van der Waals surface area contributed by atoms with Crippen LogP contribution >= 0.6 is 0 Å². The van der Waals surface area contributed by atoms with Gasteiger partial charge in [-0.25, -0.2) is 0 Å². The summed E-state index contributed by atoms with van der Waals surface area (Å²) in [5.41, 5.74) is 8.72. The molecule has 0 saturated carbocycles. The molecule has 2 unspecified atom stereocenters. The monoisotopic (exact) mass is 290 g/mol. The summed E-state index contributed by atoms with van der Waals surface area (Å²) in [5.74, 6) is 0. The molecule has 2 rings (SSSR count). The average Bonchev–Trinajstić information content (AvgIpc) is 2.34. The van der Waals surface area contributed by atoms with Crippen molar-refractivity contribution < 1.29 is 4.74 Å². The normalized spacial score (nSPS) is 24.5. The lowest BCUT2D eigenvalue weighted by atomic mass is 9.93. The van der Waals surface area contributed by atoms with Crippen LogP contribution in [0.1, 0.15) is 51.8 Å². The van der Waals surface area contributed by atoms with Crippen LogP contribution in [0.4, 0.5) is 0 Å². The third-order valence-corrected chi connectivity index (χ3v) is 4.28. The van der Waals surface area contributed by atoms with Crippen molar-refractivity contribution in [3.05, 3.63) is 35.4 Å². The molecule has 0 bridgehead atoms. The topological polar surface area (TPSA) is 38.5 Å². The third-order valence-electron chi connectivity index (χ3n) is 4.28. The number of hydrogen-bond acceptors (Lipinski definition) is 3. The molecule has 1 saturated heterocycles. The van der Waals surface area contributed by atoms with Gasteiger partial charge in [-0.15, -0.1) is 0 Å². The Kier molecular flexibility index (Phi) is 4.48. The van der Waals surface area contributed by atoms with Crippen LogP contribution in [0.2, 0.25) is 0 Å². The van der Waals surface area contributed by atoms with Gasteiger partial charge in [0, 0.05) is 25.2 Å². The Bertz CT molecular complexity index is 462. The number of hydrogen-bond donors (Lipinski definition) is 1. The van der Waals surface area contributed by atoms with Crippen molar-refractivity contribution in [1.82, 2.24) is 4.90 Å². The molecule has 0 aliphatic carbocycles. The Balaban J connectivity index is 2.14. The molecule has 21 heavy (non-hydrogen) atoms. The molecule has 1 aromatic carbocycles. The fourth-order valence-corrected chi connectivity index (χ4v) is 3.43. The van der Waals surface area contributed by atoms with E-state index in [4.69, 9.17) is 10.5 Å². The van der Waals surface area contributed by atoms with E-state index >= 15 is 0 Å². The number of benzene rings is 1. The van der Waals surface area contributed by atoms with Gasteiger partial charge in [-0.1, -0.05) is 29.8 Å². The summed E-state index contributed by atoms with van der Waals surface area (Å²) >= 11 is 0. The van der Waals surface area contributed by atoms with Crippen LogP contribution in [0, 0.1) is 6.92 Å². The standard InChI is InChI=1S/C18H30N2O/c1-13-7-9-15(10-8-13)16(19)14(2)20-11-17(3,4)21-18(5,6)12-20/h7-10,14,16H,11-12,19H2,1-6H3. The van der Waals surface area contributed by atoms with Gasteiger partial charge in [0.2, 0.25) is 0 Å². The lowest BCUT2D eigenvalue weighted by molar-refractivity contribution is -0.187. The fourth-order valence-electron chi connectivity index (χ4n) is 3.43. The molecular weight excluding hydrogens is 260 g/mol. The number of morpholine rings is 1. The zero-order chi connectivity index (χ0) is 15.8. The SMILES string of the molecule is Cc1ccc(C(N)C(C)N2CC(C)(C)OC(C)(C)C2)cc1. The van der Waals surface area contributed by atoms with Crippen LogP contribution < -0.4 is 5.73 Å². The van der Waals surface area contributed by atoms with E-state index in [2.05, 4.69) is 70.7 Å². The van der Waals surface area contributed by atoms with Crippen molar-refractivity contribution in [2.75, 3.05) is 13.1 Å². The molecule has 2 N–H and O–H groups in total. The largest absolute Gasteiger partial charge is 0.367 e. The molecule has 2 atom stereocenters. The van der Waals surface area contributed by atoms with Crippen LogP contribution in [0.3, 0.4) is 0 Å². The molecule has 0 radical (unpaired) electrons. The Morgan fingerprint density at radius 2 is 1.52 bits per heavy atom. The molecule has 3 nitrogen and oxygen atoms in total. The second-order valence-electron chi connectivity index (χ2n) is 7.70. The highest BCUT2D eigenvalue weighted by Crippen LogP contribution is 2.31. The van der Waals surface area contributed by atoms with E-state index in [1.54, 1.807) is 0 Å². The highest BCUT2D eigenvalue weighted by atomic mass is 16.5. The van der Waals surface area contributed by atoms with Crippen LogP contribution in [0.5, 0.6) is 0 Å². The van der Waals surface area contributed by atoms with E-state index in [0.29, 0.717) is 0 Å². The maximum absolute atomic E-state index is 6.51. The molecule has 0 amide bonds. The summed E-state index contributed by atoms with van der Waals surface area (Å²) in [6, 6.07) is 8.87. The van der Waals surface area contributed by atoms with Gasteiger partial charge in [0.05, 0.1) is 11.2 Å². The number of aryl methyl sites for hydroxylation is 1. The first-order chi connectivity index (χ1) is 9.60. The molecule has 118 valence electrons. The Hall–Kier alpha value is -0.900. The van der Waals surface area contributed by atoms with E-state index in [-0.39, 0.29) is 23.3 Å². The zero-order valence-corrected chi connectivity index (χ0v) is 14.3. The van der Waals surface area contributed by atoms with Gasteiger partial charge < -0.3 is 10.5 Å². The average molecular weight is 290 g/mol. The zero-order valence-electron chi connectivity index (χ0n) is 14.3. The number of ether oxygens (including phenoxy) is 1. The minimum Gasteiger partial charge on any atom is -0.367 e. The van der Waals surface area contributed by atoms with E-state index < -0.39 is 0 Å². The van der Waals surface area contributed by atoms with Crippen molar-refractivity contribution >= 4 is 0 Å². The molecule has 1 fully saturated rings. The second kappa shape index (κ2) is 5.71. The summed E-state index contributed by atoms with van der Waals surface area (Å²) in [5, 5.41) is 0. The first-order valence-corrected chi connectivity index (χ1v) is 7.86. The molecule has 0 aromatic heterocycles. The van der Waals surface area contributed by atoms with Crippen molar-refractivity contribution in [3.63, 3.8) is 0 Å². The first-order valence-electron chi connectivity index (χ1n) is 7.86. The van der Waals surface area contributed by atoms with E-state index in [9.17, 15) is 0 Å². The molecule has 1 aliphatic heterocycles. The minimum atomic E-state index is -0.136. The molecule has 1 heterocycles. The van der Waals surface area contributed by atoms with Crippen molar-refractivity contribution in [3.8, 4) is 0 Å². The predicted octanol–water partition coefficient (Wildman–Crippen LogP) is 3.27. The summed E-state index contributed by atoms with van der Waals surface area (Å²) < 4.78 is 6.16. The van der Waals surface area contributed by atoms with Crippen LogP contribution in [0.25, 0.3) is 0 Å². The maximum Gasteiger partial charge on any atom is 0.0760 e. The van der Waals surface area contributed by atoms with Gasteiger partial charge in [-0.05, 0) is 47.1 Å². The highest BCUT2D eigenvalue weighted by Gasteiger charge is 2.40. The Labute approximate surface area is 129 Å². The fraction of sp³-hybridized carbons (Fsp3) is 0.667. The van der Waals surface area contributed by atoms with Crippen LogP contribution in [0.15, 0.2) is 24.3 Å². The minimum absolute atomic E-state index is 0.0234. The quantitative estimate of drug-likeness (QED) is 0.928. The number of nitrogens with zero attached hydrogens (tertiary/aromatic N) is 1. The molecule has 1 aliphatic rings. The van der Waals surface area contributed by atoms with E-state index in [0.717, 1.165) is 13.1 Å². The third kappa shape index (κ3) is 4.06. The van der Waals surface area contributed by atoms with Crippen molar-refractivity contribution in [2.24, 2.45) is 5.73 Å². The summed E-state index contributed by atoms with van der Waals surface area (Å²) in [6.07, 6.45) is 0. The van der Waals surface area contributed by atoms with E-state index in [1.165, 1.54) is 11.1 Å². The summed E-state index contributed by atoms with van der Waals surface area (Å²) in [7, 11) is 0. The maximum atomic E-state index is 6.51. The highest BCUT2D eigenvalue weighted by molar-refractivity contribution is 5.25. The van der Waals surface area contributed by atoms with Crippen LogP contribution in [-0.4, -0.2) is 35.2 Å². The lowest BCUT2D eigenvalue weighted by Crippen LogP contribution is -2.60. The predicted molar refractivity (Wildman–Crippen MR) is 88.4 cm³/mol. The van der Waals surface area contributed by atoms with Crippen molar-refractivity contribution in [2.45, 2.75) is 64.8 Å². The van der Waals surface area contributed by atoms with Gasteiger partial charge >= 0.3 is 0 Å². The summed E-state index contributed by atoms with van der Waals surface area (Å²) in [4.78, 5) is 2.47.